The molecule has 3 aromatic carbocycles. The Kier molecular flexibility index (Phi) is 4.07. The lowest BCUT2D eigenvalue weighted by Crippen LogP contribution is -1.97. The second kappa shape index (κ2) is 6.34. The van der Waals surface area contributed by atoms with Crippen LogP contribution in [0.15, 0.2) is 66.7 Å². The van der Waals surface area contributed by atoms with Crippen LogP contribution in [-0.4, -0.2) is 15.8 Å². The number of allylic oxidation sites excluding steroid dienone is 1. The first-order chi connectivity index (χ1) is 11.5. The molecule has 0 atom stereocenters. The Balaban J connectivity index is 1.89. The molecule has 5 nitrogen and oxygen atoms in total. The molecule has 1 N–H and O–H groups in total. The average molecular weight is 319 g/mol. The molecule has 0 radical (unpaired) electrons. The molecule has 0 bridgehead atoms. The SMILES string of the molecule is O=C(C=Cc1ccc2ccccc2c1)c1cc([N+](=O)[O-])ccc1O. The van der Waals surface area contributed by atoms with Gasteiger partial charge in [0.15, 0.2) is 5.78 Å². The van der Waals surface area contributed by atoms with Gasteiger partial charge in [0.05, 0.1) is 10.5 Å². The summed E-state index contributed by atoms with van der Waals surface area (Å²) in [6.07, 6.45) is 2.91. The highest BCUT2D eigenvalue weighted by molar-refractivity contribution is 6.09. The lowest BCUT2D eigenvalue weighted by Gasteiger charge is -2.01. The van der Waals surface area contributed by atoms with Crippen LogP contribution in [-0.2, 0) is 0 Å². The van der Waals surface area contributed by atoms with Crippen LogP contribution in [0.4, 0.5) is 5.69 Å². The number of aromatic hydroxyl groups is 1. The van der Waals surface area contributed by atoms with E-state index in [1.165, 1.54) is 6.08 Å². The Hall–Kier alpha value is -3.47. The number of rotatable bonds is 4. The number of phenols is 1. The van der Waals surface area contributed by atoms with Crippen molar-refractivity contribution < 1.29 is 14.8 Å². The maximum absolute atomic E-state index is 12.2. The van der Waals surface area contributed by atoms with Crippen molar-refractivity contribution in [2.75, 3.05) is 0 Å². The van der Waals surface area contributed by atoms with Gasteiger partial charge in [0.1, 0.15) is 5.75 Å². The zero-order valence-corrected chi connectivity index (χ0v) is 12.5. The van der Waals surface area contributed by atoms with Gasteiger partial charge < -0.3 is 5.11 Å². The second-order valence-electron chi connectivity index (χ2n) is 5.26. The summed E-state index contributed by atoms with van der Waals surface area (Å²) in [6, 6.07) is 17.0. The summed E-state index contributed by atoms with van der Waals surface area (Å²) in [5.41, 5.74) is 0.489. The third kappa shape index (κ3) is 3.15. The van der Waals surface area contributed by atoms with E-state index in [1.54, 1.807) is 6.08 Å². The van der Waals surface area contributed by atoms with Crippen molar-refractivity contribution in [1.29, 1.82) is 0 Å². The monoisotopic (exact) mass is 319 g/mol. The maximum Gasteiger partial charge on any atom is 0.270 e. The van der Waals surface area contributed by atoms with Crippen molar-refractivity contribution in [2.24, 2.45) is 0 Å². The molecule has 0 saturated heterocycles. The zero-order chi connectivity index (χ0) is 17.1. The normalized spacial score (nSPS) is 11.0. The molecule has 0 saturated carbocycles. The number of nitrogens with zero attached hydrogens (tertiary/aromatic N) is 1. The number of phenolic OH excluding ortho intramolecular Hbond substituents is 1. The highest BCUT2D eigenvalue weighted by atomic mass is 16.6. The third-order valence-electron chi connectivity index (χ3n) is 3.66. The summed E-state index contributed by atoms with van der Waals surface area (Å²) in [6.45, 7) is 0. The van der Waals surface area contributed by atoms with Crippen LogP contribution in [0.2, 0.25) is 0 Å². The van der Waals surface area contributed by atoms with Crippen molar-refractivity contribution in [3.05, 3.63) is 88.0 Å². The molecule has 3 aromatic rings. The Morgan fingerprint density at radius 1 is 1.00 bits per heavy atom. The van der Waals surface area contributed by atoms with Gasteiger partial charge in [-0.2, -0.15) is 0 Å². The fourth-order valence-electron chi connectivity index (χ4n) is 2.41. The summed E-state index contributed by atoms with van der Waals surface area (Å²) >= 11 is 0. The fraction of sp³-hybridized carbons (Fsp3) is 0. The van der Waals surface area contributed by atoms with Crippen molar-refractivity contribution in [3.8, 4) is 5.75 Å². The Morgan fingerprint density at radius 3 is 2.50 bits per heavy atom. The quantitative estimate of drug-likeness (QED) is 0.335. The van der Waals surface area contributed by atoms with Crippen LogP contribution in [0.3, 0.4) is 0 Å². The summed E-state index contributed by atoms with van der Waals surface area (Å²) in [5.74, 6) is -0.780. The van der Waals surface area contributed by atoms with Gasteiger partial charge in [-0.3, -0.25) is 14.9 Å². The van der Waals surface area contributed by atoms with Gasteiger partial charge in [0.2, 0.25) is 0 Å². The van der Waals surface area contributed by atoms with E-state index in [1.807, 2.05) is 42.5 Å². The van der Waals surface area contributed by atoms with Crippen LogP contribution in [0.1, 0.15) is 15.9 Å². The van der Waals surface area contributed by atoms with Gasteiger partial charge in [0, 0.05) is 12.1 Å². The number of fused-ring (bicyclic) bond motifs is 1. The Morgan fingerprint density at radius 2 is 1.75 bits per heavy atom. The Bertz CT molecular complexity index is 976. The lowest BCUT2D eigenvalue weighted by atomic mass is 10.0. The Labute approximate surface area is 137 Å². The summed E-state index contributed by atoms with van der Waals surface area (Å²) < 4.78 is 0. The van der Waals surface area contributed by atoms with Crippen LogP contribution in [0.25, 0.3) is 16.8 Å². The molecule has 0 aliphatic heterocycles. The number of nitro benzene ring substituents is 1. The standard InChI is InChI=1S/C19H13NO4/c21-18(17-12-16(20(23)24)8-10-19(17)22)9-6-13-5-7-14-3-1-2-4-15(14)11-13/h1-12,22H. The highest BCUT2D eigenvalue weighted by Gasteiger charge is 2.14. The minimum Gasteiger partial charge on any atom is -0.507 e. The molecular formula is C19H13NO4. The minimum atomic E-state index is -0.608. The molecular weight excluding hydrogens is 306 g/mol. The van der Waals surface area contributed by atoms with Gasteiger partial charge in [-0.05, 0) is 34.5 Å². The van der Waals surface area contributed by atoms with Gasteiger partial charge >= 0.3 is 0 Å². The van der Waals surface area contributed by atoms with Gasteiger partial charge in [-0.1, -0.05) is 42.5 Å². The molecule has 118 valence electrons. The van der Waals surface area contributed by atoms with E-state index in [-0.39, 0.29) is 17.0 Å². The molecule has 0 unspecified atom stereocenters. The number of hydrogen-bond acceptors (Lipinski definition) is 4. The smallest absolute Gasteiger partial charge is 0.270 e. The summed E-state index contributed by atoms with van der Waals surface area (Å²) in [4.78, 5) is 22.4. The number of ketones is 1. The van der Waals surface area contributed by atoms with E-state index in [0.717, 1.165) is 34.5 Å². The predicted octanol–water partition coefficient (Wildman–Crippen LogP) is 4.35. The van der Waals surface area contributed by atoms with Crippen LogP contribution >= 0.6 is 0 Å². The molecule has 0 amide bonds. The minimum absolute atomic E-state index is 0.0961. The second-order valence-corrected chi connectivity index (χ2v) is 5.26. The van der Waals surface area contributed by atoms with E-state index in [9.17, 15) is 20.0 Å². The van der Waals surface area contributed by atoms with Gasteiger partial charge in [-0.25, -0.2) is 0 Å². The molecule has 3 rings (SSSR count). The van der Waals surface area contributed by atoms with Crippen molar-refractivity contribution >= 4 is 28.3 Å². The number of carbonyl (C=O) groups excluding carboxylic acids is 1. The van der Waals surface area contributed by atoms with Crippen molar-refractivity contribution in [3.63, 3.8) is 0 Å². The van der Waals surface area contributed by atoms with Crippen LogP contribution < -0.4 is 0 Å². The van der Waals surface area contributed by atoms with Crippen molar-refractivity contribution in [1.82, 2.24) is 0 Å². The first-order valence-corrected chi connectivity index (χ1v) is 7.23. The first-order valence-electron chi connectivity index (χ1n) is 7.23. The predicted molar refractivity (Wildman–Crippen MR) is 92.1 cm³/mol. The summed E-state index contributed by atoms with van der Waals surface area (Å²) in [5, 5.41) is 22.7. The number of non-ortho nitro benzene ring substituents is 1. The largest absolute Gasteiger partial charge is 0.507 e. The molecule has 0 heterocycles. The number of carbonyl (C=O) groups is 1. The highest BCUT2D eigenvalue weighted by Crippen LogP contribution is 2.24. The topological polar surface area (TPSA) is 80.4 Å². The average Bonchev–Trinajstić information content (AvgIpc) is 2.59. The number of hydrogen-bond donors (Lipinski definition) is 1. The molecule has 0 aliphatic carbocycles. The molecule has 24 heavy (non-hydrogen) atoms. The lowest BCUT2D eigenvalue weighted by molar-refractivity contribution is -0.384. The van der Waals surface area contributed by atoms with E-state index in [0.29, 0.717) is 0 Å². The first kappa shape index (κ1) is 15.4. The summed E-state index contributed by atoms with van der Waals surface area (Å²) in [7, 11) is 0. The third-order valence-corrected chi connectivity index (χ3v) is 3.66. The zero-order valence-electron chi connectivity index (χ0n) is 12.5. The number of nitro groups is 1. The molecule has 0 spiro atoms. The maximum atomic E-state index is 12.2. The molecule has 0 fully saturated rings. The van der Waals surface area contributed by atoms with Gasteiger partial charge in [0.25, 0.3) is 5.69 Å². The van der Waals surface area contributed by atoms with Crippen molar-refractivity contribution in [2.45, 2.75) is 0 Å². The van der Waals surface area contributed by atoms with E-state index in [4.69, 9.17) is 0 Å². The van der Waals surface area contributed by atoms with E-state index in [2.05, 4.69) is 0 Å². The van der Waals surface area contributed by atoms with E-state index >= 15 is 0 Å². The fourth-order valence-corrected chi connectivity index (χ4v) is 2.41. The molecule has 5 heteroatoms. The van der Waals surface area contributed by atoms with Gasteiger partial charge in [-0.15, -0.1) is 0 Å². The molecule has 0 aliphatic rings. The number of benzene rings is 3. The van der Waals surface area contributed by atoms with Crippen LogP contribution in [0.5, 0.6) is 5.75 Å². The van der Waals surface area contributed by atoms with E-state index < -0.39 is 10.7 Å². The molecule has 0 aromatic heterocycles. The van der Waals surface area contributed by atoms with Crippen LogP contribution in [0, 0.1) is 10.1 Å².